The Morgan fingerprint density at radius 2 is 1.62 bits per heavy atom. The van der Waals surface area contributed by atoms with Crippen LogP contribution in [-0.2, 0) is 28.2 Å². The van der Waals surface area contributed by atoms with Crippen molar-refractivity contribution in [3.05, 3.63) is 12.2 Å². The molecule has 0 saturated carbocycles. The van der Waals surface area contributed by atoms with Crippen LogP contribution < -0.4 is 0 Å². The average Bonchev–Trinajstić information content (AvgIpc) is 2.53. The van der Waals surface area contributed by atoms with Crippen molar-refractivity contribution in [2.24, 2.45) is 0 Å². The van der Waals surface area contributed by atoms with Crippen LogP contribution in [0, 0.1) is 0 Å². The molecule has 1 amide bonds. The fraction of sp³-hybridized carbons (Fsp3) is 0.750. The van der Waals surface area contributed by atoms with Gasteiger partial charge in [0.2, 0.25) is 0 Å². The predicted octanol–water partition coefficient (Wildman–Crippen LogP) is 3.86. The number of hydrogen-bond acceptors (Lipinski definition) is 7. The van der Waals surface area contributed by atoms with E-state index >= 15 is 0 Å². The van der Waals surface area contributed by atoms with Crippen LogP contribution in [0.5, 0.6) is 0 Å². The van der Waals surface area contributed by atoms with Gasteiger partial charge in [0.25, 0.3) is 0 Å². The standard InChI is InChI=1S/C20H37NO7Si/c1-15(22)26-14-21(18(24)28-19(2,3)4)16(11-12-17(23)25-8)13-27-29(9,10)20(5,6)7/h11-12,16H,13-14H2,1-10H3/b12-11+/t16-/m0/s1. The molecular weight excluding hydrogens is 394 g/mol. The highest BCUT2D eigenvalue weighted by atomic mass is 28.4. The SMILES string of the molecule is COC(=O)/C=C/[C@@H](CO[Si](C)(C)C(C)(C)C)N(COC(C)=O)C(=O)OC(C)(C)C. The maximum Gasteiger partial charge on any atom is 0.413 e. The zero-order valence-electron chi connectivity index (χ0n) is 19.5. The Balaban J connectivity index is 5.79. The van der Waals surface area contributed by atoms with Gasteiger partial charge in [-0.1, -0.05) is 26.8 Å². The summed E-state index contributed by atoms with van der Waals surface area (Å²) in [6.45, 7) is 16.7. The van der Waals surface area contributed by atoms with Crippen LogP contribution in [0.25, 0.3) is 0 Å². The van der Waals surface area contributed by atoms with Crippen molar-refractivity contribution in [1.29, 1.82) is 0 Å². The molecule has 0 aliphatic carbocycles. The number of methoxy groups -OCH3 is 1. The minimum absolute atomic E-state index is 0.0454. The Morgan fingerprint density at radius 3 is 2.03 bits per heavy atom. The largest absolute Gasteiger partial charge is 0.466 e. The summed E-state index contributed by atoms with van der Waals surface area (Å²) in [6.07, 6.45) is 2.02. The number of carbonyl (C=O) groups excluding carboxylic acids is 3. The van der Waals surface area contributed by atoms with Crippen molar-refractivity contribution < 1.29 is 33.0 Å². The van der Waals surface area contributed by atoms with Gasteiger partial charge in [-0.3, -0.25) is 9.69 Å². The van der Waals surface area contributed by atoms with Gasteiger partial charge in [0.15, 0.2) is 15.0 Å². The van der Waals surface area contributed by atoms with E-state index in [4.69, 9.17) is 13.9 Å². The quantitative estimate of drug-likeness (QED) is 0.189. The van der Waals surface area contributed by atoms with Crippen LogP contribution in [0.1, 0.15) is 48.5 Å². The van der Waals surface area contributed by atoms with Crippen LogP contribution in [0.15, 0.2) is 12.2 Å². The highest BCUT2D eigenvalue weighted by Crippen LogP contribution is 2.36. The first-order valence-electron chi connectivity index (χ1n) is 9.53. The fourth-order valence-electron chi connectivity index (χ4n) is 1.78. The molecule has 8 nitrogen and oxygen atoms in total. The topological polar surface area (TPSA) is 91.4 Å². The van der Waals surface area contributed by atoms with E-state index in [0.717, 1.165) is 0 Å². The first-order valence-corrected chi connectivity index (χ1v) is 12.4. The maximum atomic E-state index is 12.8. The molecule has 0 unspecified atom stereocenters. The molecule has 0 aromatic rings. The van der Waals surface area contributed by atoms with E-state index in [-0.39, 0.29) is 18.4 Å². The van der Waals surface area contributed by atoms with E-state index in [9.17, 15) is 14.4 Å². The normalized spacial score (nSPS) is 13.7. The molecule has 9 heteroatoms. The van der Waals surface area contributed by atoms with Crippen molar-refractivity contribution in [2.45, 2.75) is 78.2 Å². The first-order chi connectivity index (χ1) is 13.0. The number of amides is 1. The highest BCUT2D eigenvalue weighted by Gasteiger charge is 2.38. The van der Waals surface area contributed by atoms with Crippen LogP contribution in [-0.4, -0.2) is 63.3 Å². The van der Waals surface area contributed by atoms with E-state index in [2.05, 4.69) is 38.6 Å². The Kier molecular flexibility index (Phi) is 10.1. The first kappa shape index (κ1) is 27.1. The van der Waals surface area contributed by atoms with Gasteiger partial charge in [0.05, 0.1) is 19.8 Å². The van der Waals surface area contributed by atoms with Crippen molar-refractivity contribution in [3.63, 3.8) is 0 Å². The van der Waals surface area contributed by atoms with Crippen molar-refractivity contribution in [2.75, 3.05) is 20.4 Å². The summed E-state index contributed by atoms with van der Waals surface area (Å²) in [5, 5.41) is -0.0454. The lowest BCUT2D eigenvalue weighted by molar-refractivity contribution is -0.146. The number of nitrogens with zero attached hydrogens (tertiary/aromatic N) is 1. The Morgan fingerprint density at radius 1 is 1.07 bits per heavy atom. The zero-order valence-corrected chi connectivity index (χ0v) is 20.5. The van der Waals surface area contributed by atoms with E-state index < -0.39 is 38.0 Å². The van der Waals surface area contributed by atoms with E-state index in [0.29, 0.717) is 0 Å². The van der Waals surface area contributed by atoms with Gasteiger partial charge in [-0.05, 0) is 38.9 Å². The van der Waals surface area contributed by atoms with Crippen LogP contribution in [0.3, 0.4) is 0 Å². The van der Waals surface area contributed by atoms with Gasteiger partial charge in [-0.25, -0.2) is 9.59 Å². The molecule has 0 saturated heterocycles. The molecule has 0 bridgehead atoms. The van der Waals surface area contributed by atoms with Crippen molar-refractivity contribution in [3.8, 4) is 0 Å². The molecule has 1 atom stereocenters. The summed E-state index contributed by atoms with van der Waals surface area (Å²) in [7, 11) is -0.879. The van der Waals surface area contributed by atoms with Gasteiger partial charge in [-0.15, -0.1) is 0 Å². The summed E-state index contributed by atoms with van der Waals surface area (Å²) in [6, 6.07) is -0.697. The smallest absolute Gasteiger partial charge is 0.413 e. The van der Waals surface area contributed by atoms with Crippen LogP contribution >= 0.6 is 0 Å². The highest BCUT2D eigenvalue weighted by molar-refractivity contribution is 6.74. The minimum atomic E-state index is -2.14. The number of carbonyl (C=O) groups is 3. The number of ether oxygens (including phenoxy) is 3. The molecule has 0 rings (SSSR count). The average molecular weight is 432 g/mol. The Hall–Kier alpha value is -1.87. The molecule has 0 radical (unpaired) electrons. The van der Waals surface area contributed by atoms with Crippen LogP contribution in [0.4, 0.5) is 4.79 Å². The maximum absolute atomic E-state index is 12.8. The van der Waals surface area contributed by atoms with Gasteiger partial charge < -0.3 is 18.6 Å². The van der Waals surface area contributed by atoms with E-state index in [1.807, 2.05) is 0 Å². The predicted molar refractivity (Wildman–Crippen MR) is 113 cm³/mol. The Bertz CT molecular complexity index is 603. The summed E-state index contributed by atoms with van der Waals surface area (Å²) in [5.41, 5.74) is -0.748. The van der Waals surface area contributed by atoms with Gasteiger partial charge in [0.1, 0.15) is 5.60 Å². The Labute approximate surface area is 175 Å². The molecule has 0 aromatic carbocycles. The molecule has 0 aromatic heterocycles. The van der Waals surface area contributed by atoms with Crippen LogP contribution in [0.2, 0.25) is 18.1 Å². The van der Waals surface area contributed by atoms with E-state index in [1.54, 1.807) is 20.8 Å². The molecule has 168 valence electrons. The number of rotatable bonds is 8. The lowest BCUT2D eigenvalue weighted by Gasteiger charge is -2.38. The number of hydrogen-bond donors (Lipinski definition) is 0. The number of esters is 2. The van der Waals surface area contributed by atoms with Gasteiger partial charge in [-0.2, -0.15) is 0 Å². The summed E-state index contributed by atoms with van der Waals surface area (Å²) in [4.78, 5) is 36.9. The van der Waals surface area contributed by atoms with Crippen molar-refractivity contribution in [1.82, 2.24) is 4.90 Å². The van der Waals surface area contributed by atoms with Crippen molar-refractivity contribution >= 4 is 26.3 Å². The van der Waals surface area contributed by atoms with E-state index in [1.165, 1.54) is 31.1 Å². The van der Waals surface area contributed by atoms with Gasteiger partial charge >= 0.3 is 18.0 Å². The second-order valence-electron chi connectivity index (χ2n) is 9.24. The molecule has 0 spiro atoms. The molecule has 0 fully saturated rings. The fourth-order valence-corrected chi connectivity index (χ4v) is 2.80. The molecule has 0 aliphatic heterocycles. The molecule has 0 heterocycles. The lowest BCUT2D eigenvalue weighted by atomic mass is 10.2. The third-order valence-corrected chi connectivity index (χ3v) is 9.01. The summed E-state index contributed by atoms with van der Waals surface area (Å²) in [5.74, 6) is -1.11. The second kappa shape index (κ2) is 10.8. The molecule has 0 N–H and O–H groups in total. The minimum Gasteiger partial charge on any atom is -0.466 e. The molecule has 29 heavy (non-hydrogen) atoms. The third kappa shape index (κ3) is 10.5. The third-order valence-electron chi connectivity index (χ3n) is 4.51. The summed E-state index contributed by atoms with van der Waals surface area (Å²) >= 11 is 0. The van der Waals surface area contributed by atoms with Gasteiger partial charge in [0, 0.05) is 13.0 Å². The summed E-state index contributed by atoms with van der Waals surface area (Å²) < 4.78 is 21.4. The monoisotopic (exact) mass is 431 g/mol. The molecular formula is C20H37NO7Si. The second-order valence-corrected chi connectivity index (χ2v) is 14.0. The lowest BCUT2D eigenvalue weighted by Crippen LogP contribution is -2.49. The zero-order chi connectivity index (χ0) is 23.0. The molecule has 0 aliphatic rings.